The Morgan fingerprint density at radius 1 is 1.00 bits per heavy atom. The van der Waals surface area contributed by atoms with Gasteiger partial charge < -0.3 is 14.4 Å². The SMILES string of the molecule is COc1ccc(CN(C)C(=O)Cc2ccc(Cl)cc2)cc1OC. The van der Waals surface area contributed by atoms with Crippen molar-refractivity contribution >= 4 is 17.5 Å². The summed E-state index contributed by atoms with van der Waals surface area (Å²) in [6, 6.07) is 13.0. The topological polar surface area (TPSA) is 38.8 Å². The Morgan fingerprint density at radius 3 is 2.22 bits per heavy atom. The molecule has 0 aliphatic heterocycles. The molecule has 0 heterocycles. The molecule has 0 saturated heterocycles. The van der Waals surface area contributed by atoms with Crippen LogP contribution in [0.3, 0.4) is 0 Å². The molecule has 0 aliphatic rings. The maximum atomic E-state index is 12.3. The van der Waals surface area contributed by atoms with Gasteiger partial charge in [0.1, 0.15) is 0 Å². The molecule has 122 valence electrons. The van der Waals surface area contributed by atoms with E-state index in [-0.39, 0.29) is 5.91 Å². The molecular weight excluding hydrogens is 314 g/mol. The summed E-state index contributed by atoms with van der Waals surface area (Å²) in [6.07, 6.45) is 0.348. The van der Waals surface area contributed by atoms with E-state index in [1.807, 2.05) is 30.3 Å². The van der Waals surface area contributed by atoms with Gasteiger partial charge in [0.05, 0.1) is 20.6 Å². The third kappa shape index (κ3) is 4.63. The van der Waals surface area contributed by atoms with E-state index in [1.165, 1.54) is 0 Å². The molecule has 5 heteroatoms. The van der Waals surface area contributed by atoms with Crippen LogP contribution < -0.4 is 9.47 Å². The van der Waals surface area contributed by atoms with Crippen molar-refractivity contribution in [2.45, 2.75) is 13.0 Å². The Balaban J connectivity index is 2.01. The Morgan fingerprint density at radius 2 is 1.61 bits per heavy atom. The smallest absolute Gasteiger partial charge is 0.227 e. The van der Waals surface area contributed by atoms with Gasteiger partial charge in [-0.3, -0.25) is 4.79 Å². The predicted octanol–water partition coefficient (Wildman–Crippen LogP) is 3.56. The minimum absolute atomic E-state index is 0.0436. The van der Waals surface area contributed by atoms with Crippen molar-refractivity contribution in [3.05, 3.63) is 58.6 Å². The Hall–Kier alpha value is -2.20. The average Bonchev–Trinajstić information content (AvgIpc) is 2.56. The van der Waals surface area contributed by atoms with Crippen molar-refractivity contribution < 1.29 is 14.3 Å². The van der Waals surface area contributed by atoms with Crippen LogP contribution in [0, 0.1) is 0 Å². The van der Waals surface area contributed by atoms with Crippen molar-refractivity contribution in [2.75, 3.05) is 21.3 Å². The largest absolute Gasteiger partial charge is 0.493 e. The molecule has 0 aliphatic carbocycles. The van der Waals surface area contributed by atoms with Crippen molar-refractivity contribution in [3.63, 3.8) is 0 Å². The first kappa shape index (κ1) is 17.2. The lowest BCUT2D eigenvalue weighted by molar-refractivity contribution is -0.129. The molecule has 23 heavy (non-hydrogen) atoms. The van der Waals surface area contributed by atoms with Crippen molar-refractivity contribution in [2.24, 2.45) is 0 Å². The fourth-order valence-corrected chi connectivity index (χ4v) is 2.38. The second-order valence-corrected chi connectivity index (χ2v) is 5.68. The van der Waals surface area contributed by atoms with E-state index < -0.39 is 0 Å². The number of hydrogen-bond acceptors (Lipinski definition) is 3. The number of rotatable bonds is 6. The normalized spacial score (nSPS) is 10.3. The fourth-order valence-electron chi connectivity index (χ4n) is 2.25. The zero-order valence-corrected chi connectivity index (χ0v) is 14.3. The maximum absolute atomic E-state index is 12.3. The molecule has 0 radical (unpaired) electrons. The fraction of sp³-hybridized carbons (Fsp3) is 0.278. The van der Waals surface area contributed by atoms with Crippen LogP contribution in [0.2, 0.25) is 5.02 Å². The predicted molar refractivity (Wildman–Crippen MR) is 91.2 cm³/mol. The van der Waals surface area contributed by atoms with Gasteiger partial charge in [-0.05, 0) is 35.4 Å². The number of halogens is 1. The van der Waals surface area contributed by atoms with Crippen LogP contribution in [0.25, 0.3) is 0 Å². The number of likely N-dealkylation sites (N-methyl/N-ethyl adjacent to an activating group) is 1. The van der Waals surface area contributed by atoms with Crippen molar-refractivity contribution in [1.82, 2.24) is 4.90 Å². The summed E-state index contributed by atoms with van der Waals surface area (Å²) in [4.78, 5) is 14.0. The molecule has 2 rings (SSSR count). The van der Waals surface area contributed by atoms with Gasteiger partial charge in [-0.2, -0.15) is 0 Å². The van der Waals surface area contributed by atoms with Gasteiger partial charge in [0.25, 0.3) is 0 Å². The summed E-state index contributed by atoms with van der Waals surface area (Å²) < 4.78 is 10.5. The highest BCUT2D eigenvalue weighted by Gasteiger charge is 2.12. The highest BCUT2D eigenvalue weighted by molar-refractivity contribution is 6.30. The number of carbonyl (C=O) groups excluding carboxylic acids is 1. The Bertz CT molecular complexity index is 670. The van der Waals surface area contributed by atoms with Crippen LogP contribution >= 0.6 is 11.6 Å². The second-order valence-electron chi connectivity index (χ2n) is 5.24. The summed E-state index contributed by atoms with van der Waals surface area (Å²) in [5.41, 5.74) is 1.92. The van der Waals surface area contributed by atoms with Crippen molar-refractivity contribution in [3.8, 4) is 11.5 Å². The van der Waals surface area contributed by atoms with Crippen molar-refractivity contribution in [1.29, 1.82) is 0 Å². The summed E-state index contributed by atoms with van der Waals surface area (Å²) >= 11 is 5.85. The first-order valence-corrected chi connectivity index (χ1v) is 7.60. The number of amides is 1. The minimum atomic E-state index is 0.0436. The molecule has 0 saturated carbocycles. The lowest BCUT2D eigenvalue weighted by Gasteiger charge is -2.18. The summed E-state index contributed by atoms with van der Waals surface area (Å²) in [5.74, 6) is 1.37. The molecule has 0 fully saturated rings. The van der Waals surface area contributed by atoms with Crippen LogP contribution in [-0.2, 0) is 17.8 Å². The van der Waals surface area contributed by atoms with E-state index >= 15 is 0 Å². The maximum Gasteiger partial charge on any atom is 0.227 e. The molecular formula is C18H20ClNO3. The second kappa shape index (κ2) is 7.88. The number of ether oxygens (including phenoxy) is 2. The Kier molecular flexibility index (Phi) is 5.88. The standard InChI is InChI=1S/C18H20ClNO3/c1-20(18(21)11-13-4-7-15(19)8-5-13)12-14-6-9-16(22-2)17(10-14)23-3/h4-10H,11-12H2,1-3H3. The number of hydrogen-bond donors (Lipinski definition) is 0. The van der Waals surface area contributed by atoms with E-state index in [4.69, 9.17) is 21.1 Å². The highest BCUT2D eigenvalue weighted by atomic mass is 35.5. The van der Waals surface area contributed by atoms with Crippen LogP contribution in [0.5, 0.6) is 11.5 Å². The van der Waals surface area contributed by atoms with E-state index in [0.717, 1.165) is 11.1 Å². The van der Waals surface area contributed by atoms with Crippen LogP contribution in [0.15, 0.2) is 42.5 Å². The summed E-state index contributed by atoms with van der Waals surface area (Å²) in [6.45, 7) is 0.507. The third-order valence-electron chi connectivity index (χ3n) is 3.56. The lowest BCUT2D eigenvalue weighted by atomic mass is 10.1. The molecule has 2 aromatic carbocycles. The minimum Gasteiger partial charge on any atom is -0.493 e. The number of nitrogens with zero attached hydrogens (tertiary/aromatic N) is 1. The number of carbonyl (C=O) groups is 1. The Labute approximate surface area is 141 Å². The average molecular weight is 334 g/mol. The van der Waals surface area contributed by atoms with Crippen LogP contribution in [0.1, 0.15) is 11.1 Å². The van der Waals surface area contributed by atoms with Gasteiger partial charge in [0.15, 0.2) is 11.5 Å². The van der Waals surface area contributed by atoms with E-state index in [9.17, 15) is 4.79 Å². The molecule has 1 amide bonds. The van der Waals surface area contributed by atoms with E-state index in [1.54, 1.807) is 38.3 Å². The molecule has 0 aromatic heterocycles. The highest BCUT2D eigenvalue weighted by Crippen LogP contribution is 2.28. The van der Waals surface area contributed by atoms with Gasteiger partial charge in [0, 0.05) is 18.6 Å². The zero-order valence-electron chi connectivity index (χ0n) is 13.5. The first-order chi connectivity index (χ1) is 11.0. The van der Waals surface area contributed by atoms with Crippen LogP contribution in [-0.4, -0.2) is 32.1 Å². The molecule has 4 nitrogen and oxygen atoms in total. The van der Waals surface area contributed by atoms with Gasteiger partial charge in [-0.15, -0.1) is 0 Å². The molecule has 0 spiro atoms. The van der Waals surface area contributed by atoms with Crippen LogP contribution in [0.4, 0.5) is 0 Å². The van der Waals surface area contributed by atoms with Gasteiger partial charge in [-0.1, -0.05) is 29.8 Å². The summed E-state index contributed by atoms with van der Waals surface area (Å²) in [5, 5.41) is 0.667. The van der Waals surface area contributed by atoms with E-state index in [2.05, 4.69) is 0 Å². The molecule has 0 atom stereocenters. The molecule has 2 aromatic rings. The quantitative estimate of drug-likeness (QED) is 0.811. The lowest BCUT2D eigenvalue weighted by Crippen LogP contribution is -2.27. The van der Waals surface area contributed by atoms with Gasteiger partial charge >= 0.3 is 0 Å². The third-order valence-corrected chi connectivity index (χ3v) is 3.81. The zero-order chi connectivity index (χ0) is 16.8. The van der Waals surface area contributed by atoms with Gasteiger partial charge in [0.2, 0.25) is 5.91 Å². The molecule has 0 bridgehead atoms. The number of methoxy groups -OCH3 is 2. The van der Waals surface area contributed by atoms with E-state index in [0.29, 0.717) is 29.5 Å². The van der Waals surface area contributed by atoms with Gasteiger partial charge in [-0.25, -0.2) is 0 Å². The molecule has 0 unspecified atom stereocenters. The summed E-state index contributed by atoms with van der Waals surface area (Å²) in [7, 11) is 4.98. The number of benzene rings is 2. The monoisotopic (exact) mass is 333 g/mol. The first-order valence-electron chi connectivity index (χ1n) is 7.22. The molecule has 0 N–H and O–H groups in total.